The van der Waals surface area contributed by atoms with Crippen LogP contribution in [0.25, 0.3) is 5.69 Å². The molecule has 1 fully saturated rings. The largest absolute Gasteiger partial charge is 0.481 e. The van der Waals surface area contributed by atoms with Gasteiger partial charge in [0, 0.05) is 5.92 Å². The molecule has 104 valence electrons. The van der Waals surface area contributed by atoms with Gasteiger partial charge in [0.05, 0.1) is 23.5 Å². The fourth-order valence-corrected chi connectivity index (χ4v) is 3.05. The lowest BCUT2D eigenvalue weighted by Gasteiger charge is -2.28. The number of hydrogen-bond acceptors (Lipinski definition) is 3. The number of carboxylic acid groups (broad SMARTS) is 1. The molecule has 3 rings (SSSR count). The fourth-order valence-electron chi connectivity index (χ4n) is 3.05. The van der Waals surface area contributed by atoms with Crippen LogP contribution in [0, 0.1) is 5.92 Å². The van der Waals surface area contributed by atoms with Crippen LogP contribution in [0.1, 0.15) is 37.3 Å². The SMILES string of the molecule is O=C(O)C1CCCCC1c1cnnn1-c1ccccc1. The van der Waals surface area contributed by atoms with Gasteiger partial charge in [0.25, 0.3) is 0 Å². The number of rotatable bonds is 3. The summed E-state index contributed by atoms with van der Waals surface area (Å²) in [5.74, 6) is -1.04. The average molecular weight is 271 g/mol. The fraction of sp³-hybridized carbons (Fsp3) is 0.400. The van der Waals surface area contributed by atoms with Crippen molar-refractivity contribution in [3.8, 4) is 5.69 Å². The standard InChI is InChI=1S/C15H17N3O2/c19-15(20)13-9-5-4-8-12(13)14-10-16-17-18(14)11-6-2-1-3-7-11/h1-3,6-7,10,12-13H,4-5,8-9H2,(H,19,20). The zero-order valence-corrected chi connectivity index (χ0v) is 11.1. The zero-order valence-electron chi connectivity index (χ0n) is 11.1. The van der Waals surface area contributed by atoms with Gasteiger partial charge in [0.1, 0.15) is 0 Å². The summed E-state index contributed by atoms with van der Waals surface area (Å²) in [7, 11) is 0. The number of carbonyl (C=O) groups is 1. The minimum absolute atomic E-state index is 0.00328. The van der Waals surface area contributed by atoms with Gasteiger partial charge in [0.2, 0.25) is 0 Å². The van der Waals surface area contributed by atoms with Gasteiger partial charge in [-0.05, 0) is 25.0 Å². The Labute approximate surface area is 117 Å². The summed E-state index contributed by atoms with van der Waals surface area (Å²) >= 11 is 0. The second-order valence-electron chi connectivity index (χ2n) is 5.24. The van der Waals surface area contributed by atoms with Gasteiger partial charge < -0.3 is 5.11 Å². The van der Waals surface area contributed by atoms with Crippen molar-refractivity contribution < 1.29 is 9.90 Å². The van der Waals surface area contributed by atoms with E-state index < -0.39 is 5.97 Å². The molecule has 0 spiro atoms. The van der Waals surface area contributed by atoms with E-state index in [4.69, 9.17) is 0 Å². The Kier molecular flexibility index (Phi) is 3.50. The molecule has 20 heavy (non-hydrogen) atoms. The highest BCUT2D eigenvalue weighted by molar-refractivity contribution is 5.71. The van der Waals surface area contributed by atoms with Crippen molar-refractivity contribution in [2.24, 2.45) is 5.92 Å². The summed E-state index contributed by atoms with van der Waals surface area (Å²) in [6, 6.07) is 9.74. The van der Waals surface area contributed by atoms with E-state index in [1.165, 1.54) is 0 Å². The molecule has 2 atom stereocenters. The molecule has 0 radical (unpaired) electrons. The molecule has 5 nitrogen and oxygen atoms in total. The minimum atomic E-state index is -0.712. The lowest BCUT2D eigenvalue weighted by atomic mass is 9.77. The molecule has 0 bridgehead atoms. The molecule has 1 N–H and O–H groups in total. The number of benzene rings is 1. The molecular weight excluding hydrogens is 254 g/mol. The van der Waals surface area contributed by atoms with E-state index in [1.807, 2.05) is 30.3 Å². The van der Waals surface area contributed by atoms with Crippen molar-refractivity contribution in [1.29, 1.82) is 0 Å². The van der Waals surface area contributed by atoms with E-state index >= 15 is 0 Å². The Morgan fingerprint density at radius 2 is 1.95 bits per heavy atom. The average Bonchev–Trinajstić information content (AvgIpc) is 2.97. The first-order valence-electron chi connectivity index (χ1n) is 6.96. The van der Waals surface area contributed by atoms with Crippen LogP contribution in [0.3, 0.4) is 0 Å². The second kappa shape index (κ2) is 5.45. The Bertz CT molecular complexity index is 594. The Balaban J connectivity index is 1.98. The first-order valence-corrected chi connectivity index (χ1v) is 6.96. The maximum atomic E-state index is 11.5. The van der Waals surface area contributed by atoms with Crippen LogP contribution in [0.15, 0.2) is 36.5 Å². The van der Waals surface area contributed by atoms with E-state index in [1.54, 1.807) is 10.9 Å². The van der Waals surface area contributed by atoms with Crippen molar-refractivity contribution in [3.63, 3.8) is 0 Å². The summed E-state index contributed by atoms with van der Waals surface area (Å²) < 4.78 is 1.77. The summed E-state index contributed by atoms with van der Waals surface area (Å²) in [5, 5.41) is 17.5. The Hall–Kier alpha value is -2.17. The smallest absolute Gasteiger partial charge is 0.307 e. The molecular formula is C15H17N3O2. The van der Waals surface area contributed by atoms with E-state index in [-0.39, 0.29) is 11.8 Å². The summed E-state index contributed by atoms with van der Waals surface area (Å²) in [6.07, 6.45) is 5.38. The third-order valence-electron chi connectivity index (χ3n) is 4.04. The highest BCUT2D eigenvalue weighted by Crippen LogP contribution is 2.38. The summed E-state index contributed by atoms with van der Waals surface area (Å²) in [5.41, 5.74) is 1.83. The first kappa shape index (κ1) is 12.8. The van der Waals surface area contributed by atoms with Crippen LogP contribution in [0.5, 0.6) is 0 Å². The highest BCUT2D eigenvalue weighted by Gasteiger charge is 2.34. The van der Waals surface area contributed by atoms with E-state index in [9.17, 15) is 9.90 Å². The molecule has 1 aliphatic rings. The molecule has 1 saturated carbocycles. The molecule has 0 aliphatic heterocycles. The van der Waals surface area contributed by atoms with E-state index in [2.05, 4.69) is 10.3 Å². The van der Waals surface area contributed by atoms with Crippen molar-refractivity contribution in [2.45, 2.75) is 31.6 Å². The third-order valence-corrected chi connectivity index (χ3v) is 4.04. The highest BCUT2D eigenvalue weighted by atomic mass is 16.4. The normalized spacial score (nSPS) is 22.6. The topological polar surface area (TPSA) is 68.0 Å². The van der Waals surface area contributed by atoms with Crippen LogP contribution >= 0.6 is 0 Å². The molecule has 1 aromatic heterocycles. The number of hydrogen-bond donors (Lipinski definition) is 1. The third kappa shape index (κ3) is 2.31. The predicted molar refractivity (Wildman–Crippen MR) is 73.7 cm³/mol. The lowest BCUT2D eigenvalue weighted by molar-refractivity contribution is -0.143. The molecule has 1 heterocycles. The summed E-state index contributed by atoms with van der Waals surface area (Å²) in [6.45, 7) is 0. The molecule has 2 aromatic rings. The molecule has 0 saturated heterocycles. The molecule has 1 aromatic carbocycles. The van der Waals surface area contributed by atoms with Crippen LogP contribution in [-0.4, -0.2) is 26.1 Å². The van der Waals surface area contributed by atoms with E-state index in [0.29, 0.717) is 0 Å². The lowest BCUT2D eigenvalue weighted by Crippen LogP contribution is -2.27. The van der Waals surface area contributed by atoms with Crippen molar-refractivity contribution in [1.82, 2.24) is 15.0 Å². The number of nitrogens with zero attached hydrogens (tertiary/aromatic N) is 3. The molecule has 0 amide bonds. The van der Waals surface area contributed by atoms with Crippen molar-refractivity contribution in [2.75, 3.05) is 0 Å². The van der Waals surface area contributed by atoms with Gasteiger partial charge in [-0.15, -0.1) is 5.10 Å². The van der Waals surface area contributed by atoms with Gasteiger partial charge in [-0.1, -0.05) is 36.3 Å². The van der Waals surface area contributed by atoms with Gasteiger partial charge in [-0.3, -0.25) is 4.79 Å². The monoisotopic (exact) mass is 271 g/mol. The molecule has 1 aliphatic carbocycles. The molecule has 2 unspecified atom stereocenters. The van der Waals surface area contributed by atoms with Crippen LogP contribution in [0.2, 0.25) is 0 Å². The molecule has 5 heteroatoms. The van der Waals surface area contributed by atoms with E-state index in [0.717, 1.165) is 37.1 Å². The number of carboxylic acids is 1. The number of para-hydroxylation sites is 1. The van der Waals surface area contributed by atoms with Crippen LogP contribution in [-0.2, 0) is 4.79 Å². The number of aromatic nitrogens is 3. The van der Waals surface area contributed by atoms with Gasteiger partial charge in [0.15, 0.2) is 0 Å². The zero-order chi connectivity index (χ0) is 13.9. The quantitative estimate of drug-likeness (QED) is 0.931. The maximum Gasteiger partial charge on any atom is 0.307 e. The van der Waals surface area contributed by atoms with Crippen molar-refractivity contribution in [3.05, 3.63) is 42.2 Å². The maximum absolute atomic E-state index is 11.5. The van der Waals surface area contributed by atoms with Gasteiger partial charge >= 0.3 is 5.97 Å². The summed E-state index contributed by atoms with van der Waals surface area (Å²) in [4.78, 5) is 11.5. The predicted octanol–water partition coefficient (Wildman–Crippen LogP) is 2.63. The Morgan fingerprint density at radius 1 is 1.20 bits per heavy atom. The van der Waals surface area contributed by atoms with Crippen molar-refractivity contribution >= 4 is 5.97 Å². The van der Waals surface area contributed by atoms with Crippen LogP contribution < -0.4 is 0 Å². The minimum Gasteiger partial charge on any atom is -0.481 e. The second-order valence-corrected chi connectivity index (χ2v) is 5.24. The van der Waals surface area contributed by atoms with Gasteiger partial charge in [-0.2, -0.15) is 0 Å². The van der Waals surface area contributed by atoms with Crippen LogP contribution in [0.4, 0.5) is 0 Å². The van der Waals surface area contributed by atoms with Gasteiger partial charge in [-0.25, -0.2) is 4.68 Å². The first-order chi connectivity index (χ1) is 9.77. The number of aliphatic carboxylic acids is 1. The Morgan fingerprint density at radius 3 is 2.70 bits per heavy atom.